The van der Waals surface area contributed by atoms with Crippen molar-refractivity contribution in [1.82, 2.24) is 0 Å². The van der Waals surface area contributed by atoms with Gasteiger partial charge in [-0.05, 0) is 49.1 Å². The van der Waals surface area contributed by atoms with Crippen molar-refractivity contribution in [3.05, 3.63) is 51.7 Å². The lowest BCUT2D eigenvalue weighted by Gasteiger charge is -2.27. The second-order valence-electron chi connectivity index (χ2n) is 4.79. The largest absolute Gasteiger partial charge is 0.409 e. The second kappa shape index (κ2) is 5.96. The molecule has 0 saturated carbocycles. The zero-order chi connectivity index (χ0) is 14.7. The van der Waals surface area contributed by atoms with E-state index in [1.54, 1.807) is 11.3 Å². The number of nitrogens with zero attached hydrogens (tertiary/aromatic N) is 2. The van der Waals surface area contributed by atoms with Gasteiger partial charge in [-0.1, -0.05) is 11.2 Å². The number of hydrogen-bond acceptors (Lipinski definition) is 4. The van der Waals surface area contributed by atoms with Crippen LogP contribution in [0.2, 0.25) is 0 Å². The first-order chi connectivity index (χ1) is 9.54. The molecule has 1 aromatic carbocycles. The van der Waals surface area contributed by atoms with Crippen LogP contribution in [-0.4, -0.2) is 18.1 Å². The fraction of sp³-hybridized carbons (Fsp3) is 0.267. The Hall–Kier alpha value is -2.01. The summed E-state index contributed by atoms with van der Waals surface area (Å²) in [6, 6.07) is 10.4. The van der Waals surface area contributed by atoms with E-state index in [1.807, 2.05) is 19.1 Å². The number of benzene rings is 1. The normalized spacial score (nSPS) is 13.2. The van der Waals surface area contributed by atoms with E-state index in [9.17, 15) is 0 Å². The molecule has 106 valence electrons. The van der Waals surface area contributed by atoms with Gasteiger partial charge in [0.2, 0.25) is 0 Å². The van der Waals surface area contributed by atoms with Crippen molar-refractivity contribution in [3.63, 3.8) is 0 Å². The van der Waals surface area contributed by atoms with E-state index in [-0.39, 0.29) is 5.84 Å². The minimum atomic E-state index is 0.142. The Labute approximate surface area is 123 Å². The molecule has 0 fully saturated rings. The quantitative estimate of drug-likeness (QED) is 0.393. The first kappa shape index (κ1) is 14.4. The number of amidine groups is 1. The molecule has 0 radical (unpaired) electrons. The zero-order valence-electron chi connectivity index (χ0n) is 11.9. The van der Waals surface area contributed by atoms with Crippen LogP contribution in [0, 0.1) is 6.92 Å². The van der Waals surface area contributed by atoms with E-state index < -0.39 is 0 Å². The lowest BCUT2D eigenvalue weighted by molar-refractivity contribution is 0.318. The van der Waals surface area contributed by atoms with Crippen LogP contribution in [-0.2, 0) is 0 Å². The summed E-state index contributed by atoms with van der Waals surface area (Å²) in [5.74, 6) is 0.142. The van der Waals surface area contributed by atoms with Gasteiger partial charge in [0.1, 0.15) is 0 Å². The maximum absolute atomic E-state index is 8.76. The molecule has 0 spiro atoms. The van der Waals surface area contributed by atoms with Crippen molar-refractivity contribution in [2.75, 3.05) is 11.9 Å². The highest BCUT2D eigenvalue weighted by Gasteiger charge is 2.14. The third-order valence-electron chi connectivity index (χ3n) is 3.54. The Balaban J connectivity index is 2.27. The molecule has 2 rings (SSSR count). The van der Waals surface area contributed by atoms with E-state index in [0.29, 0.717) is 6.04 Å². The molecule has 20 heavy (non-hydrogen) atoms. The van der Waals surface area contributed by atoms with Gasteiger partial charge < -0.3 is 15.8 Å². The molecule has 0 aliphatic rings. The standard InChI is InChI=1S/C15H19N3OS/c1-10-9-12(6-7-13(10)15(16)17-19)18(3)11(2)14-5-4-8-20-14/h4-9,11,19H,1-3H3,(H2,16,17). The summed E-state index contributed by atoms with van der Waals surface area (Å²) in [6.07, 6.45) is 0. The molecule has 0 saturated heterocycles. The summed E-state index contributed by atoms with van der Waals surface area (Å²) in [4.78, 5) is 3.54. The number of rotatable bonds is 4. The Morgan fingerprint density at radius 1 is 1.40 bits per heavy atom. The molecule has 0 aliphatic carbocycles. The van der Waals surface area contributed by atoms with Gasteiger partial charge in [-0.2, -0.15) is 0 Å². The van der Waals surface area contributed by atoms with Gasteiger partial charge in [0.05, 0.1) is 6.04 Å². The Kier molecular flexibility index (Phi) is 4.29. The van der Waals surface area contributed by atoms with Crippen LogP contribution in [0.4, 0.5) is 5.69 Å². The first-order valence-corrected chi connectivity index (χ1v) is 7.27. The summed E-state index contributed by atoms with van der Waals surface area (Å²) in [7, 11) is 2.07. The fourth-order valence-corrected chi connectivity index (χ4v) is 2.98. The number of thiophene rings is 1. The number of oxime groups is 1. The van der Waals surface area contributed by atoms with Crippen LogP contribution in [0.15, 0.2) is 40.9 Å². The van der Waals surface area contributed by atoms with E-state index in [0.717, 1.165) is 16.8 Å². The summed E-state index contributed by atoms with van der Waals surface area (Å²) < 4.78 is 0. The highest BCUT2D eigenvalue weighted by atomic mass is 32.1. The zero-order valence-corrected chi connectivity index (χ0v) is 12.7. The minimum absolute atomic E-state index is 0.142. The highest BCUT2D eigenvalue weighted by Crippen LogP contribution is 2.29. The van der Waals surface area contributed by atoms with Crippen LogP contribution in [0.5, 0.6) is 0 Å². The lowest BCUT2D eigenvalue weighted by Crippen LogP contribution is -2.21. The van der Waals surface area contributed by atoms with Gasteiger partial charge in [0, 0.05) is 23.2 Å². The summed E-state index contributed by atoms with van der Waals surface area (Å²) >= 11 is 1.76. The average molecular weight is 289 g/mol. The van der Waals surface area contributed by atoms with Crippen molar-refractivity contribution >= 4 is 22.9 Å². The SMILES string of the molecule is Cc1cc(N(C)C(C)c2cccs2)ccc1/C(N)=N/O. The highest BCUT2D eigenvalue weighted by molar-refractivity contribution is 7.10. The third kappa shape index (κ3) is 2.77. The minimum Gasteiger partial charge on any atom is -0.409 e. The molecule has 3 N–H and O–H groups in total. The smallest absolute Gasteiger partial charge is 0.170 e. The van der Waals surface area contributed by atoms with Crippen molar-refractivity contribution in [3.8, 4) is 0 Å². The number of nitrogens with two attached hydrogens (primary N) is 1. The Bertz CT molecular complexity index is 608. The molecule has 2 aromatic rings. The van der Waals surface area contributed by atoms with Crippen LogP contribution < -0.4 is 10.6 Å². The monoisotopic (exact) mass is 289 g/mol. The van der Waals surface area contributed by atoms with Gasteiger partial charge in [-0.3, -0.25) is 0 Å². The molecule has 0 bridgehead atoms. The maximum atomic E-state index is 8.76. The molecular formula is C15H19N3OS. The second-order valence-corrected chi connectivity index (χ2v) is 5.77. The van der Waals surface area contributed by atoms with Gasteiger partial charge in [-0.25, -0.2) is 0 Å². The summed E-state index contributed by atoms with van der Waals surface area (Å²) in [5.41, 5.74) is 8.50. The van der Waals surface area contributed by atoms with E-state index in [2.05, 4.69) is 47.6 Å². The molecule has 0 aliphatic heterocycles. The molecule has 4 nitrogen and oxygen atoms in total. The average Bonchev–Trinajstić information content (AvgIpc) is 2.99. The van der Waals surface area contributed by atoms with Gasteiger partial charge in [-0.15, -0.1) is 11.3 Å². The third-order valence-corrected chi connectivity index (χ3v) is 4.58. The van der Waals surface area contributed by atoms with Crippen molar-refractivity contribution in [1.29, 1.82) is 0 Å². The van der Waals surface area contributed by atoms with Crippen molar-refractivity contribution < 1.29 is 5.21 Å². The van der Waals surface area contributed by atoms with Gasteiger partial charge in [0.25, 0.3) is 0 Å². The van der Waals surface area contributed by atoms with Crippen molar-refractivity contribution in [2.24, 2.45) is 10.9 Å². The molecule has 1 unspecified atom stereocenters. The van der Waals surface area contributed by atoms with Gasteiger partial charge >= 0.3 is 0 Å². The fourth-order valence-electron chi connectivity index (χ4n) is 2.15. The number of aryl methyl sites for hydroxylation is 1. The van der Waals surface area contributed by atoms with Crippen LogP contribution in [0.25, 0.3) is 0 Å². The summed E-state index contributed by atoms with van der Waals surface area (Å²) in [6.45, 7) is 4.14. The molecule has 1 heterocycles. The number of anilines is 1. The summed E-state index contributed by atoms with van der Waals surface area (Å²) in [5, 5.41) is 13.9. The van der Waals surface area contributed by atoms with E-state index in [4.69, 9.17) is 10.9 Å². The molecule has 5 heteroatoms. The van der Waals surface area contributed by atoms with Crippen LogP contribution >= 0.6 is 11.3 Å². The van der Waals surface area contributed by atoms with E-state index in [1.165, 1.54) is 4.88 Å². The molecular weight excluding hydrogens is 270 g/mol. The Morgan fingerprint density at radius 3 is 2.70 bits per heavy atom. The Morgan fingerprint density at radius 2 is 2.15 bits per heavy atom. The van der Waals surface area contributed by atoms with E-state index >= 15 is 0 Å². The molecule has 1 atom stereocenters. The predicted molar refractivity (Wildman–Crippen MR) is 84.8 cm³/mol. The lowest BCUT2D eigenvalue weighted by atomic mass is 10.1. The first-order valence-electron chi connectivity index (χ1n) is 6.39. The number of hydrogen-bond donors (Lipinski definition) is 2. The van der Waals surface area contributed by atoms with Gasteiger partial charge in [0.15, 0.2) is 5.84 Å². The predicted octanol–water partition coefficient (Wildman–Crippen LogP) is 3.35. The van der Waals surface area contributed by atoms with Crippen LogP contribution in [0.1, 0.15) is 29.0 Å². The van der Waals surface area contributed by atoms with Crippen molar-refractivity contribution in [2.45, 2.75) is 19.9 Å². The maximum Gasteiger partial charge on any atom is 0.170 e. The molecule has 1 aromatic heterocycles. The topological polar surface area (TPSA) is 61.8 Å². The van der Waals surface area contributed by atoms with Crippen LogP contribution in [0.3, 0.4) is 0 Å². The molecule has 0 amide bonds.